The van der Waals surface area contributed by atoms with E-state index in [0.29, 0.717) is 12.1 Å². The molecule has 3 aromatic carbocycles. The summed E-state index contributed by atoms with van der Waals surface area (Å²) in [7, 11) is 0. The van der Waals surface area contributed by atoms with Crippen molar-refractivity contribution in [2.45, 2.75) is 39.7 Å². The molecule has 0 atom stereocenters. The first-order chi connectivity index (χ1) is 15.0. The summed E-state index contributed by atoms with van der Waals surface area (Å²) in [6.07, 6.45) is 2.97. The van der Waals surface area contributed by atoms with Gasteiger partial charge in [0.1, 0.15) is 17.1 Å². The average molecular weight is 415 g/mol. The van der Waals surface area contributed by atoms with Gasteiger partial charge in [0.25, 0.3) is 0 Å². The van der Waals surface area contributed by atoms with Gasteiger partial charge in [-0.05, 0) is 47.7 Å². The van der Waals surface area contributed by atoms with Gasteiger partial charge in [0, 0.05) is 13.0 Å². The quantitative estimate of drug-likeness (QED) is 0.400. The molecular formula is C26H26N2O3. The van der Waals surface area contributed by atoms with E-state index in [9.17, 15) is 15.0 Å². The van der Waals surface area contributed by atoms with Crippen LogP contribution in [0.15, 0.2) is 60.7 Å². The number of unbranched alkanes of at least 4 members (excludes halogenated alkanes) is 1. The summed E-state index contributed by atoms with van der Waals surface area (Å²) in [6, 6.07) is 18.6. The van der Waals surface area contributed by atoms with Crippen molar-refractivity contribution in [2.75, 3.05) is 0 Å². The molecule has 4 rings (SSSR count). The first-order valence-corrected chi connectivity index (χ1v) is 10.6. The van der Waals surface area contributed by atoms with Gasteiger partial charge in [-0.3, -0.25) is 0 Å². The first-order valence-electron chi connectivity index (χ1n) is 10.6. The van der Waals surface area contributed by atoms with Crippen LogP contribution in [-0.2, 0) is 13.0 Å². The van der Waals surface area contributed by atoms with Crippen LogP contribution in [0.1, 0.15) is 47.1 Å². The van der Waals surface area contributed by atoms with E-state index in [1.54, 1.807) is 18.2 Å². The maximum atomic E-state index is 11.5. The number of rotatable bonds is 7. The molecule has 2 N–H and O–H groups in total. The van der Waals surface area contributed by atoms with Gasteiger partial charge in [-0.25, -0.2) is 9.78 Å². The highest BCUT2D eigenvalue weighted by molar-refractivity contribution is 5.96. The van der Waals surface area contributed by atoms with Gasteiger partial charge >= 0.3 is 5.97 Å². The molecule has 0 bridgehead atoms. The maximum absolute atomic E-state index is 11.5. The number of aromatic carboxylic acids is 1. The largest absolute Gasteiger partial charge is 0.506 e. The lowest BCUT2D eigenvalue weighted by Gasteiger charge is -2.12. The van der Waals surface area contributed by atoms with E-state index in [0.717, 1.165) is 52.8 Å². The van der Waals surface area contributed by atoms with Crippen molar-refractivity contribution >= 4 is 17.0 Å². The number of aromatic hydroxyl groups is 1. The summed E-state index contributed by atoms with van der Waals surface area (Å²) in [4.78, 5) is 16.4. The Morgan fingerprint density at radius 2 is 1.77 bits per heavy atom. The molecule has 0 aliphatic rings. The predicted molar refractivity (Wildman–Crippen MR) is 123 cm³/mol. The molecular weight excluding hydrogens is 388 g/mol. The van der Waals surface area contributed by atoms with E-state index >= 15 is 0 Å². The Hall–Kier alpha value is -3.60. The van der Waals surface area contributed by atoms with Crippen molar-refractivity contribution in [3.8, 4) is 16.9 Å². The lowest BCUT2D eigenvalue weighted by Crippen LogP contribution is -2.06. The molecule has 5 heteroatoms. The minimum Gasteiger partial charge on any atom is -0.506 e. The van der Waals surface area contributed by atoms with E-state index in [2.05, 4.69) is 11.5 Å². The Bertz CT molecular complexity index is 1240. The van der Waals surface area contributed by atoms with Gasteiger partial charge in [0.2, 0.25) is 0 Å². The maximum Gasteiger partial charge on any atom is 0.336 e. The molecule has 0 radical (unpaired) electrons. The first kappa shape index (κ1) is 20.7. The zero-order valence-corrected chi connectivity index (χ0v) is 17.8. The van der Waals surface area contributed by atoms with Gasteiger partial charge in [-0.2, -0.15) is 0 Å². The zero-order valence-electron chi connectivity index (χ0n) is 17.8. The third kappa shape index (κ3) is 4.04. The lowest BCUT2D eigenvalue weighted by atomic mass is 9.99. The van der Waals surface area contributed by atoms with Crippen molar-refractivity contribution in [2.24, 2.45) is 0 Å². The van der Waals surface area contributed by atoms with Gasteiger partial charge < -0.3 is 14.8 Å². The number of carbonyl (C=O) groups is 1. The molecule has 0 spiro atoms. The monoisotopic (exact) mass is 414 g/mol. The number of phenolic OH excluding ortho intramolecular Hbond substituents is 1. The Labute approximate surface area is 181 Å². The molecule has 1 aromatic heterocycles. The van der Waals surface area contributed by atoms with Crippen LogP contribution in [0.3, 0.4) is 0 Å². The van der Waals surface area contributed by atoms with E-state index < -0.39 is 5.97 Å². The van der Waals surface area contributed by atoms with Gasteiger partial charge in [0.15, 0.2) is 0 Å². The molecule has 0 saturated heterocycles. The highest BCUT2D eigenvalue weighted by atomic mass is 16.4. The minimum atomic E-state index is -0.934. The third-order valence-corrected chi connectivity index (χ3v) is 5.67. The van der Waals surface area contributed by atoms with Crippen molar-refractivity contribution in [1.82, 2.24) is 9.55 Å². The smallest absolute Gasteiger partial charge is 0.336 e. The van der Waals surface area contributed by atoms with Crippen LogP contribution in [0.25, 0.3) is 22.2 Å². The Kier molecular flexibility index (Phi) is 5.76. The van der Waals surface area contributed by atoms with Gasteiger partial charge in [0.05, 0.1) is 11.1 Å². The van der Waals surface area contributed by atoms with Crippen LogP contribution in [0.5, 0.6) is 5.75 Å². The zero-order chi connectivity index (χ0) is 22.0. The molecule has 0 unspecified atom stereocenters. The molecule has 0 fully saturated rings. The van der Waals surface area contributed by atoms with E-state index in [1.807, 2.05) is 49.4 Å². The van der Waals surface area contributed by atoms with Gasteiger partial charge in [-0.1, -0.05) is 61.9 Å². The number of hydrogen-bond acceptors (Lipinski definition) is 3. The van der Waals surface area contributed by atoms with Gasteiger partial charge in [-0.15, -0.1) is 0 Å². The number of aromatic nitrogens is 2. The fraction of sp³-hybridized carbons (Fsp3) is 0.231. The lowest BCUT2D eigenvalue weighted by molar-refractivity contribution is 0.0697. The minimum absolute atomic E-state index is 0.239. The predicted octanol–water partition coefficient (Wildman–Crippen LogP) is 5.81. The van der Waals surface area contributed by atoms with Crippen LogP contribution in [0, 0.1) is 6.92 Å². The third-order valence-electron chi connectivity index (χ3n) is 5.67. The summed E-state index contributed by atoms with van der Waals surface area (Å²) in [5.74, 6) is 0.278. The van der Waals surface area contributed by atoms with Crippen molar-refractivity contribution in [1.29, 1.82) is 0 Å². The molecule has 4 aromatic rings. The molecule has 31 heavy (non-hydrogen) atoms. The second-order valence-corrected chi connectivity index (χ2v) is 7.86. The normalized spacial score (nSPS) is 11.2. The molecule has 0 saturated carbocycles. The number of phenols is 1. The number of nitrogens with zero attached hydrogens (tertiary/aromatic N) is 2. The second-order valence-electron chi connectivity index (χ2n) is 7.86. The van der Waals surface area contributed by atoms with Crippen LogP contribution >= 0.6 is 0 Å². The molecule has 0 aliphatic carbocycles. The highest BCUT2D eigenvalue weighted by Gasteiger charge is 2.16. The summed E-state index contributed by atoms with van der Waals surface area (Å²) < 4.78 is 2.10. The van der Waals surface area contributed by atoms with Crippen molar-refractivity contribution < 1.29 is 15.0 Å². The van der Waals surface area contributed by atoms with Crippen LogP contribution in [0.2, 0.25) is 0 Å². The number of hydrogen-bond donors (Lipinski definition) is 2. The molecule has 158 valence electrons. The summed E-state index contributed by atoms with van der Waals surface area (Å²) in [6.45, 7) is 4.76. The molecule has 0 amide bonds. The van der Waals surface area contributed by atoms with Crippen LogP contribution in [-0.4, -0.2) is 25.7 Å². The number of imidazole rings is 1. The fourth-order valence-corrected chi connectivity index (χ4v) is 3.99. The van der Waals surface area contributed by atoms with E-state index in [1.165, 1.54) is 0 Å². The van der Waals surface area contributed by atoms with E-state index in [-0.39, 0.29) is 11.3 Å². The fourth-order valence-electron chi connectivity index (χ4n) is 3.99. The van der Waals surface area contributed by atoms with Crippen LogP contribution < -0.4 is 0 Å². The summed E-state index contributed by atoms with van der Waals surface area (Å²) in [5.41, 5.74) is 5.58. The molecule has 0 aliphatic heterocycles. The standard InChI is InChI=1S/C26H26N2O3/c1-3-4-9-23-27-24-17(2)10-15-22(29)25(24)28(23)16-18-11-13-19(14-12-18)20-7-5-6-8-21(20)26(30)31/h5-8,10-15,29H,3-4,9,16H2,1-2H3,(H,30,31). The Balaban J connectivity index is 1.72. The Morgan fingerprint density at radius 1 is 1.03 bits per heavy atom. The van der Waals surface area contributed by atoms with Crippen LogP contribution in [0.4, 0.5) is 0 Å². The molecule has 5 nitrogen and oxygen atoms in total. The average Bonchev–Trinajstić information content (AvgIpc) is 3.14. The topological polar surface area (TPSA) is 75.4 Å². The number of carboxylic acids is 1. The number of aryl methyl sites for hydroxylation is 2. The number of fused-ring (bicyclic) bond motifs is 1. The highest BCUT2D eigenvalue weighted by Crippen LogP contribution is 2.30. The Morgan fingerprint density at radius 3 is 2.48 bits per heavy atom. The van der Waals surface area contributed by atoms with Crippen molar-refractivity contribution in [3.63, 3.8) is 0 Å². The summed E-state index contributed by atoms with van der Waals surface area (Å²) in [5, 5.41) is 20.0. The SMILES string of the molecule is CCCCc1nc2c(C)ccc(O)c2n1Cc1ccc(-c2ccccc2C(=O)O)cc1. The second kappa shape index (κ2) is 8.64. The number of benzene rings is 3. The van der Waals surface area contributed by atoms with E-state index in [4.69, 9.17) is 4.98 Å². The molecule has 1 heterocycles. The summed E-state index contributed by atoms with van der Waals surface area (Å²) >= 11 is 0. The van der Waals surface area contributed by atoms with Crippen molar-refractivity contribution in [3.05, 3.63) is 83.2 Å². The number of carboxylic acid groups (broad SMARTS) is 1.